The maximum Gasteiger partial charge on any atom is 0.274 e. The third-order valence-electron chi connectivity index (χ3n) is 6.02. The number of carbonyl (C=O) groups is 1. The number of hydrogen-bond acceptors (Lipinski definition) is 5. The molecule has 0 bridgehead atoms. The predicted molar refractivity (Wildman–Crippen MR) is 112 cm³/mol. The molecular formula is C22H28FN5O. The van der Waals surface area contributed by atoms with Gasteiger partial charge in [-0.25, -0.2) is 4.39 Å². The number of amides is 1. The Morgan fingerprint density at radius 2 is 1.76 bits per heavy atom. The summed E-state index contributed by atoms with van der Waals surface area (Å²) in [7, 11) is 0. The normalized spacial score (nSPS) is 20.1. The number of aromatic nitrogens is 2. The summed E-state index contributed by atoms with van der Waals surface area (Å²) in [5, 5.41) is 8.62. The van der Waals surface area contributed by atoms with E-state index in [1.165, 1.54) is 31.4 Å². The van der Waals surface area contributed by atoms with Crippen molar-refractivity contribution < 1.29 is 9.18 Å². The van der Waals surface area contributed by atoms with Gasteiger partial charge in [0.2, 0.25) is 0 Å². The molecule has 154 valence electrons. The van der Waals surface area contributed by atoms with Gasteiger partial charge in [0.1, 0.15) is 5.82 Å². The van der Waals surface area contributed by atoms with E-state index in [0.717, 1.165) is 37.6 Å². The Balaban J connectivity index is 1.37. The molecule has 2 saturated heterocycles. The minimum atomic E-state index is -0.237. The first-order valence-corrected chi connectivity index (χ1v) is 10.6. The van der Waals surface area contributed by atoms with Gasteiger partial charge in [-0.15, -0.1) is 10.2 Å². The van der Waals surface area contributed by atoms with Crippen LogP contribution in [0.3, 0.4) is 0 Å². The maximum atomic E-state index is 13.1. The molecule has 0 aliphatic carbocycles. The van der Waals surface area contributed by atoms with Gasteiger partial charge in [-0.05, 0) is 62.1 Å². The van der Waals surface area contributed by atoms with Crippen LogP contribution in [0.5, 0.6) is 0 Å². The zero-order chi connectivity index (χ0) is 20.2. The summed E-state index contributed by atoms with van der Waals surface area (Å²) in [6, 6.07) is 10.7. The van der Waals surface area contributed by atoms with Gasteiger partial charge in [0.15, 0.2) is 11.5 Å². The molecule has 1 amide bonds. The monoisotopic (exact) mass is 397 g/mol. The van der Waals surface area contributed by atoms with Crippen molar-refractivity contribution in [2.75, 3.05) is 42.5 Å². The van der Waals surface area contributed by atoms with Crippen molar-refractivity contribution >= 4 is 17.4 Å². The van der Waals surface area contributed by atoms with E-state index in [1.807, 2.05) is 11.0 Å². The molecule has 1 aromatic heterocycles. The molecule has 0 spiro atoms. The van der Waals surface area contributed by atoms with Crippen LogP contribution in [-0.2, 0) is 0 Å². The lowest BCUT2D eigenvalue weighted by Gasteiger charge is -2.36. The lowest BCUT2D eigenvalue weighted by Crippen LogP contribution is -2.49. The molecule has 6 nitrogen and oxygen atoms in total. The van der Waals surface area contributed by atoms with Crippen LogP contribution in [0.4, 0.5) is 15.9 Å². The van der Waals surface area contributed by atoms with Crippen molar-refractivity contribution in [2.45, 2.75) is 38.6 Å². The molecule has 2 aromatic rings. The third kappa shape index (κ3) is 4.33. The number of piperazine rings is 1. The molecule has 1 aromatic carbocycles. The van der Waals surface area contributed by atoms with E-state index < -0.39 is 0 Å². The Labute approximate surface area is 171 Å². The second-order valence-electron chi connectivity index (χ2n) is 7.78. The molecule has 2 fully saturated rings. The summed E-state index contributed by atoms with van der Waals surface area (Å²) >= 11 is 0. The first kappa shape index (κ1) is 19.6. The molecule has 2 aliphatic rings. The van der Waals surface area contributed by atoms with Crippen molar-refractivity contribution in [1.82, 2.24) is 15.1 Å². The number of carbonyl (C=O) groups excluding carboxylic acids is 1. The number of rotatable bonds is 4. The maximum absolute atomic E-state index is 13.1. The predicted octanol–water partition coefficient (Wildman–Crippen LogP) is 3.35. The molecule has 1 atom stereocenters. The molecule has 3 heterocycles. The second kappa shape index (κ2) is 8.76. The highest BCUT2D eigenvalue weighted by molar-refractivity contribution is 5.92. The van der Waals surface area contributed by atoms with Gasteiger partial charge >= 0.3 is 0 Å². The first-order chi connectivity index (χ1) is 14.2. The van der Waals surface area contributed by atoms with Crippen LogP contribution < -0.4 is 9.80 Å². The highest BCUT2D eigenvalue weighted by atomic mass is 19.1. The molecule has 7 heteroatoms. The quantitative estimate of drug-likeness (QED) is 0.792. The summed E-state index contributed by atoms with van der Waals surface area (Å²) in [6.45, 7) is 5.88. The van der Waals surface area contributed by atoms with E-state index in [2.05, 4.69) is 26.9 Å². The Morgan fingerprint density at radius 1 is 1.00 bits per heavy atom. The Bertz CT molecular complexity index is 818. The summed E-state index contributed by atoms with van der Waals surface area (Å²) in [6.07, 6.45) is 4.73. The lowest BCUT2D eigenvalue weighted by atomic mass is 10.0. The van der Waals surface area contributed by atoms with Crippen LogP contribution in [0.1, 0.15) is 43.1 Å². The Kier molecular flexibility index (Phi) is 5.92. The van der Waals surface area contributed by atoms with Crippen LogP contribution in [-0.4, -0.2) is 59.8 Å². The fourth-order valence-electron chi connectivity index (χ4n) is 4.30. The van der Waals surface area contributed by atoms with Crippen molar-refractivity contribution in [3.05, 3.63) is 47.9 Å². The van der Waals surface area contributed by atoms with Gasteiger partial charge in [0.25, 0.3) is 5.91 Å². The minimum absolute atomic E-state index is 0.0755. The van der Waals surface area contributed by atoms with Gasteiger partial charge in [-0.2, -0.15) is 0 Å². The van der Waals surface area contributed by atoms with Gasteiger partial charge in [-0.3, -0.25) is 4.79 Å². The fraction of sp³-hybridized carbons (Fsp3) is 0.500. The summed E-state index contributed by atoms with van der Waals surface area (Å²) in [4.78, 5) is 19.1. The van der Waals surface area contributed by atoms with Crippen molar-refractivity contribution in [2.24, 2.45) is 0 Å². The largest absolute Gasteiger partial charge is 0.368 e. The van der Waals surface area contributed by atoms with E-state index in [0.29, 0.717) is 24.8 Å². The second-order valence-corrected chi connectivity index (χ2v) is 7.78. The number of nitrogens with zero attached hydrogens (tertiary/aromatic N) is 5. The average Bonchev–Trinajstić information content (AvgIpc) is 2.79. The van der Waals surface area contributed by atoms with Crippen LogP contribution in [0.15, 0.2) is 36.4 Å². The highest BCUT2D eigenvalue weighted by Crippen LogP contribution is 2.24. The molecule has 0 saturated carbocycles. The number of piperidine rings is 1. The SMILES string of the molecule is CCC1CCCCN1c1ccc(C(=O)N2CCN(c3ccc(F)cc3)CC2)nn1. The number of anilines is 2. The van der Waals surface area contributed by atoms with E-state index in [4.69, 9.17) is 0 Å². The standard InChI is InChI=1S/C22H28FN5O/c1-2-18-5-3-4-12-28(18)21-11-10-20(24-25-21)22(29)27-15-13-26(14-16-27)19-8-6-17(23)7-9-19/h6-11,18H,2-5,12-16H2,1H3. The van der Waals surface area contributed by atoms with E-state index >= 15 is 0 Å². The Hall–Kier alpha value is -2.70. The lowest BCUT2D eigenvalue weighted by molar-refractivity contribution is 0.0739. The Morgan fingerprint density at radius 3 is 2.41 bits per heavy atom. The van der Waals surface area contributed by atoms with Crippen LogP contribution in [0, 0.1) is 5.82 Å². The zero-order valence-corrected chi connectivity index (χ0v) is 16.9. The van der Waals surface area contributed by atoms with E-state index in [9.17, 15) is 9.18 Å². The molecule has 29 heavy (non-hydrogen) atoms. The third-order valence-corrected chi connectivity index (χ3v) is 6.02. The van der Waals surface area contributed by atoms with E-state index in [-0.39, 0.29) is 11.7 Å². The summed E-state index contributed by atoms with van der Waals surface area (Å²) in [5.74, 6) is 0.558. The topological polar surface area (TPSA) is 52.6 Å². The van der Waals surface area contributed by atoms with Gasteiger partial charge < -0.3 is 14.7 Å². The zero-order valence-electron chi connectivity index (χ0n) is 16.9. The van der Waals surface area contributed by atoms with Gasteiger partial charge in [0.05, 0.1) is 0 Å². The first-order valence-electron chi connectivity index (χ1n) is 10.6. The van der Waals surface area contributed by atoms with Crippen molar-refractivity contribution in [3.63, 3.8) is 0 Å². The van der Waals surface area contributed by atoms with Crippen LogP contribution in [0.2, 0.25) is 0 Å². The van der Waals surface area contributed by atoms with Crippen LogP contribution >= 0.6 is 0 Å². The molecule has 1 unspecified atom stereocenters. The number of hydrogen-bond donors (Lipinski definition) is 0. The minimum Gasteiger partial charge on any atom is -0.368 e. The van der Waals surface area contributed by atoms with Crippen molar-refractivity contribution in [1.29, 1.82) is 0 Å². The number of benzene rings is 1. The molecule has 2 aliphatic heterocycles. The number of halogens is 1. The summed E-state index contributed by atoms with van der Waals surface area (Å²) < 4.78 is 13.1. The van der Waals surface area contributed by atoms with Gasteiger partial charge in [0, 0.05) is 44.5 Å². The van der Waals surface area contributed by atoms with E-state index in [1.54, 1.807) is 18.2 Å². The summed E-state index contributed by atoms with van der Waals surface area (Å²) in [5.41, 5.74) is 1.38. The molecule has 0 radical (unpaired) electrons. The smallest absolute Gasteiger partial charge is 0.274 e. The highest BCUT2D eigenvalue weighted by Gasteiger charge is 2.25. The van der Waals surface area contributed by atoms with Gasteiger partial charge in [-0.1, -0.05) is 6.92 Å². The van der Waals surface area contributed by atoms with Crippen LogP contribution in [0.25, 0.3) is 0 Å². The molecule has 0 N–H and O–H groups in total. The molecule has 4 rings (SSSR count). The average molecular weight is 397 g/mol. The van der Waals surface area contributed by atoms with Crippen molar-refractivity contribution in [3.8, 4) is 0 Å². The molecular weight excluding hydrogens is 369 g/mol. The fourth-order valence-corrected chi connectivity index (χ4v) is 4.30.